The number of hydrogen-bond acceptors (Lipinski definition) is 2. The van der Waals surface area contributed by atoms with Crippen molar-refractivity contribution in [2.45, 2.75) is 46.0 Å². The van der Waals surface area contributed by atoms with Crippen LogP contribution in [-0.2, 0) is 5.41 Å². The maximum absolute atomic E-state index is 9.78. The number of benzene rings is 1. The van der Waals surface area contributed by atoms with E-state index in [2.05, 4.69) is 27.7 Å². The van der Waals surface area contributed by atoms with Crippen molar-refractivity contribution in [3.63, 3.8) is 0 Å². The Labute approximate surface area is 98.3 Å². The highest BCUT2D eigenvalue weighted by molar-refractivity contribution is 5.43. The van der Waals surface area contributed by atoms with Gasteiger partial charge in [0.2, 0.25) is 0 Å². The van der Waals surface area contributed by atoms with Gasteiger partial charge in [-0.15, -0.1) is 0 Å². The van der Waals surface area contributed by atoms with Crippen LogP contribution in [0, 0.1) is 6.61 Å². The molecule has 89 valence electrons. The fourth-order valence-corrected chi connectivity index (χ4v) is 1.46. The maximum atomic E-state index is 9.78. The molecule has 0 atom stereocenters. The molecule has 0 aliphatic carbocycles. The lowest BCUT2D eigenvalue weighted by molar-refractivity contribution is 0.384. The number of phenols is 1. The van der Waals surface area contributed by atoms with E-state index in [0.29, 0.717) is 5.75 Å². The molecule has 0 amide bonds. The summed E-state index contributed by atoms with van der Waals surface area (Å²) >= 11 is 0. The topological polar surface area (TPSA) is 29.5 Å². The molecule has 2 nitrogen and oxygen atoms in total. The van der Waals surface area contributed by atoms with Gasteiger partial charge in [0.1, 0.15) is 18.1 Å². The van der Waals surface area contributed by atoms with Crippen molar-refractivity contribution in [2.24, 2.45) is 0 Å². The summed E-state index contributed by atoms with van der Waals surface area (Å²) in [5, 5.41) is 9.78. The molecule has 0 bridgehead atoms. The third-order valence-electron chi connectivity index (χ3n) is 2.40. The summed E-state index contributed by atoms with van der Waals surface area (Å²) in [4.78, 5) is 0. The molecule has 2 heteroatoms. The maximum Gasteiger partial charge on any atom is 0.135 e. The zero-order valence-corrected chi connectivity index (χ0v) is 10.6. The Hall–Kier alpha value is -1.18. The van der Waals surface area contributed by atoms with Crippen molar-refractivity contribution in [1.82, 2.24) is 0 Å². The summed E-state index contributed by atoms with van der Waals surface area (Å²) in [6.45, 7) is 10.1. The second kappa shape index (κ2) is 5.24. The predicted octanol–water partition coefficient (Wildman–Crippen LogP) is 4.03. The summed E-state index contributed by atoms with van der Waals surface area (Å²) in [7, 11) is 0. The fraction of sp³-hybridized carbons (Fsp3) is 0.500. The summed E-state index contributed by atoms with van der Waals surface area (Å²) in [6, 6.07) is 5.38. The first-order valence-corrected chi connectivity index (χ1v) is 5.77. The molecule has 0 fully saturated rings. The molecule has 0 aromatic heterocycles. The van der Waals surface area contributed by atoms with Gasteiger partial charge in [0.25, 0.3) is 0 Å². The first-order chi connectivity index (χ1) is 7.45. The molecule has 0 spiro atoms. The van der Waals surface area contributed by atoms with Crippen molar-refractivity contribution in [1.29, 1.82) is 0 Å². The van der Waals surface area contributed by atoms with Gasteiger partial charge in [0, 0.05) is 5.56 Å². The normalized spacial score (nSPS) is 11.5. The molecule has 0 heterocycles. The van der Waals surface area contributed by atoms with E-state index in [4.69, 9.17) is 4.74 Å². The molecule has 0 unspecified atom stereocenters. The first-order valence-electron chi connectivity index (χ1n) is 5.77. The van der Waals surface area contributed by atoms with Crippen LogP contribution in [0.5, 0.6) is 11.5 Å². The lowest BCUT2D eigenvalue weighted by Gasteiger charge is -2.21. The number of hydrogen-bond donors (Lipinski definition) is 1. The Balaban J connectivity index is 2.82. The van der Waals surface area contributed by atoms with Crippen LogP contribution in [0.2, 0.25) is 0 Å². The smallest absolute Gasteiger partial charge is 0.135 e. The largest absolute Gasteiger partial charge is 0.508 e. The van der Waals surface area contributed by atoms with Crippen LogP contribution in [-0.4, -0.2) is 5.11 Å². The van der Waals surface area contributed by atoms with Crippen LogP contribution in [0.4, 0.5) is 0 Å². The fourth-order valence-electron chi connectivity index (χ4n) is 1.46. The number of unbranched alkanes of at least 4 members (excludes halogenated alkanes) is 1. The summed E-state index contributed by atoms with van der Waals surface area (Å²) < 4.78 is 5.50. The Kier molecular flexibility index (Phi) is 4.22. The van der Waals surface area contributed by atoms with Crippen molar-refractivity contribution >= 4 is 0 Å². The van der Waals surface area contributed by atoms with E-state index in [9.17, 15) is 5.11 Å². The second-order valence-corrected chi connectivity index (χ2v) is 5.00. The molecular weight excluding hydrogens is 200 g/mol. The number of phenolic OH excluding ortho intramolecular Hbond substituents is 1. The Morgan fingerprint density at radius 3 is 2.56 bits per heavy atom. The van der Waals surface area contributed by atoms with E-state index < -0.39 is 0 Å². The Bertz CT molecular complexity index is 337. The van der Waals surface area contributed by atoms with Crippen LogP contribution in [0.1, 0.15) is 46.1 Å². The van der Waals surface area contributed by atoms with E-state index in [1.165, 1.54) is 0 Å². The van der Waals surface area contributed by atoms with E-state index in [1.54, 1.807) is 18.7 Å². The van der Waals surface area contributed by atoms with Crippen LogP contribution >= 0.6 is 0 Å². The average molecular weight is 221 g/mol. The lowest BCUT2D eigenvalue weighted by Crippen LogP contribution is -2.11. The van der Waals surface area contributed by atoms with Crippen LogP contribution in [0.15, 0.2) is 18.2 Å². The third kappa shape index (κ3) is 3.44. The van der Waals surface area contributed by atoms with E-state index in [1.807, 2.05) is 6.07 Å². The van der Waals surface area contributed by atoms with Gasteiger partial charge < -0.3 is 9.84 Å². The molecule has 0 saturated carbocycles. The van der Waals surface area contributed by atoms with Crippen LogP contribution < -0.4 is 4.74 Å². The molecular formula is C14H21O2. The van der Waals surface area contributed by atoms with Crippen molar-refractivity contribution < 1.29 is 9.84 Å². The summed E-state index contributed by atoms with van der Waals surface area (Å²) in [5.41, 5.74) is 0.837. The molecule has 0 aliphatic rings. The highest BCUT2D eigenvalue weighted by Gasteiger charge is 2.18. The van der Waals surface area contributed by atoms with Crippen molar-refractivity contribution in [3.05, 3.63) is 30.4 Å². The minimum atomic E-state index is -0.0752. The van der Waals surface area contributed by atoms with Gasteiger partial charge in [-0.1, -0.05) is 34.1 Å². The van der Waals surface area contributed by atoms with E-state index in [-0.39, 0.29) is 5.41 Å². The monoisotopic (exact) mass is 221 g/mol. The van der Waals surface area contributed by atoms with Gasteiger partial charge in [0.15, 0.2) is 0 Å². The van der Waals surface area contributed by atoms with Gasteiger partial charge in [-0.25, -0.2) is 0 Å². The zero-order valence-electron chi connectivity index (χ0n) is 10.6. The molecule has 16 heavy (non-hydrogen) atoms. The van der Waals surface area contributed by atoms with Gasteiger partial charge in [-0.2, -0.15) is 0 Å². The lowest BCUT2D eigenvalue weighted by atomic mass is 9.86. The molecule has 1 rings (SSSR count). The second-order valence-electron chi connectivity index (χ2n) is 5.00. The van der Waals surface area contributed by atoms with Gasteiger partial charge >= 0.3 is 0 Å². The molecule has 0 aliphatic heterocycles. The van der Waals surface area contributed by atoms with Crippen LogP contribution in [0.3, 0.4) is 0 Å². The number of ether oxygens (including phenoxy) is 1. The minimum Gasteiger partial charge on any atom is -0.508 e. The Morgan fingerprint density at radius 2 is 2.00 bits per heavy atom. The van der Waals surface area contributed by atoms with Crippen LogP contribution in [0.25, 0.3) is 0 Å². The highest BCUT2D eigenvalue weighted by Crippen LogP contribution is 2.33. The average Bonchev–Trinajstić information content (AvgIpc) is 2.19. The van der Waals surface area contributed by atoms with Gasteiger partial charge in [-0.05, 0) is 30.0 Å². The molecule has 0 saturated heterocycles. The SMILES string of the molecule is CCC[CH]Oc1ccc(O)c(C(C)(C)C)c1. The molecule has 1 aromatic rings. The summed E-state index contributed by atoms with van der Waals surface area (Å²) in [5.74, 6) is 1.12. The first kappa shape index (κ1) is 12.9. The Morgan fingerprint density at radius 1 is 1.31 bits per heavy atom. The number of rotatable bonds is 4. The van der Waals surface area contributed by atoms with Crippen molar-refractivity contribution in [2.75, 3.05) is 0 Å². The van der Waals surface area contributed by atoms with Gasteiger partial charge in [0.05, 0.1) is 0 Å². The minimum absolute atomic E-state index is 0.0752. The summed E-state index contributed by atoms with van der Waals surface area (Å²) in [6.07, 6.45) is 2.01. The third-order valence-corrected chi connectivity index (χ3v) is 2.40. The zero-order chi connectivity index (χ0) is 12.2. The van der Waals surface area contributed by atoms with E-state index in [0.717, 1.165) is 24.2 Å². The molecule has 1 N–H and O–H groups in total. The quantitative estimate of drug-likeness (QED) is 0.778. The standard InChI is InChI=1S/C14H21O2/c1-5-6-9-16-11-7-8-13(15)12(10-11)14(2,3)4/h7-10,15H,5-6H2,1-4H3. The molecule has 1 radical (unpaired) electrons. The predicted molar refractivity (Wildman–Crippen MR) is 66.6 cm³/mol. The molecule has 1 aromatic carbocycles. The van der Waals surface area contributed by atoms with Gasteiger partial charge in [-0.3, -0.25) is 0 Å². The highest BCUT2D eigenvalue weighted by atomic mass is 16.5. The van der Waals surface area contributed by atoms with E-state index >= 15 is 0 Å². The van der Waals surface area contributed by atoms with Crippen molar-refractivity contribution in [3.8, 4) is 11.5 Å². The number of aromatic hydroxyl groups is 1.